The van der Waals surface area contributed by atoms with Gasteiger partial charge in [-0.25, -0.2) is 0 Å². The monoisotopic (exact) mass is 289 g/mol. The number of rotatable bonds is 5. The van der Waals surface area contributed by atoms with Crippen LogP contribution in [0.4, 0.5) is 5.69 Å². The molecule has 1 aromatic carbocycles. The van der Waals surface area contributed by atoms with Crippen molar-refractivity contribution in [2.75, 3.05) is 11.9 Å². The van der Waals surface area contributed by atoms with E-state index >= 15 is 0 Å². The Labute approximate surface area is 126 Å². The Kier molecular flexibility index (Phi) is 4.91. The van der Waals surface area contributed by atoms with Gasteiger partial charge in [-0.3, -0.25) is 0 Å². The number of thioether (sulfide) groups is 1. The number of para-hydroxylation sites is 1. The van der Waals surface area contributed by atoms with Crippen molar-refractivity contribution in [3.05, 3.63) is 36.6 Å². The quantitative estimate of drug-likeness (QED) is 0.839. The Hall–Kier alpha value is -1.09. The van der Waals surface area contributed by atoms with E-state index in [0.717, 1.165) is 24.6 Å². The molecular formula is C17H23NOS. The number of benzene rings is 1. The molecule has 0 saturated heterocycles. The number of hydrogen-bond acceptors (Lipinski definition) is 3. The van der Waals surface area contributed by atoms with E-state index in [1.54, 1.807) is 0 Å². The maximum Gasteiger partial charge on any atom is 0.115 e. The van der Waals surface area contributed by atoms with Crippen LogP contribution in [-0.4, -0.2) is 17.9 Å². The van der Waals surface area contributed by atoms with Gasteiger partial charge in [-0.05, 0) is 43.9 Å². The summed E-state index contributed by atoms with van der Waals surface area (Å²) in [5.41, 5.74) is 1.27. The molecule has 2 nitrogen and oxygen atoms in total. The van der Waals surface area contributed by atoms with E-state index < -0.39 is 0 Å². The summed E-state index contributed by atoms with van der Waals surface area (Å²) in [7, 11) is 0. The molecule has 1 atom stereocenters. The van der Waals surface area contributed by atoms with Crippen LogP contribution < -0.4 is 5.32 Å². The molecule has 2 aliphatic rings. The van der Waals surface area contributed by atoms with E-state index in [1.807, 2.05) is 18.0 Å². The minimum Gasteiger partial charge on any atom is -0.497 e. The van der Waals surface area contributed by atoms with Crippen LogP contribution in [0.25, 0.3) is 0 Å². The molecule has 1 aromatic rings. The summed E-state index contributed by atoms with van der Waals surface area (Å²) in [5.74, 6) is 0. The lowest BCUT2D eigenvalue weighted by molar-refractivity contribution is 0.135. The predicted octanol–water partition coefficient (Wildman–Crippen LogP) is 4.83. The van der Waals surface area contributed by atoms with E-state index in [9.17, 15) is 0 Å². The molecule has 1 saturated carbocycles. The largest absolute Gasteiger partial charge is 0.497 e. The van der Waals surface area contributed by atoms with Crippen LogP contribution in [-0.2, 0) is 4.74 Å². The Morgan fingerprint density at radius 3 is 2.80 bits per heavy atom. The summed E-state index contributed by atoms with van der Waals surface area (Å²) in [5, 5.41) is 4.39. The molecule has 0 amide bonds. The van der Waals surface area contributed by atoms with Crippen LogP contribution >= 0.6 is 11.8 Å². The fourth-order valence-corrected chi connectivity index (χ4v) is 4.21. The summed E-state index contributed by atoms with van der Waals surface area (Å²) in [4.78, 5) is 1.39. The van der Waals surface area contributed by atoms with Crippen LogP contribution in [0.1, 0.15) is 38.5 Å². The average Bonchev–Trinajstić information content (AvgIpc) is 3.00. The van der Waals surface area contributed by atoms with Crippen LogP contribution in [0.3, 0.4) is 0 Å². The first-order valence-electron chi connectivity index (χ1n) is 7.72. The maximum absolute atomic E-state index is 5.62. The summed E-state index contributed by atoms with van der Waals surface area (Å²) in [6.07, 6.45) is 12.0. The van der Waals surface area contributed by atoms with Gasteiger partial charge in [0.2, 0.25) is 0 Å². The van der Waals surface area contributed by atoms with Gasteiger partial charge in [0.1, 0.15) is 6.10 Å². The van der Waals surface area contributed by atoms with Crippen molar-refractivity contribution in [1.29, 1.82) is 0 Å². The second-order valence-corrected chi connectivity index (χ2v) is 6.95. The Morgan fingerprint density at radius 1 is 1.15 bits per heavy atom. The van der Waals surface area contributed by atoms with Crippen molar-refractivity contribution in [3.63, 3.8) is 0 Å². The summed E-state index contributed by atoms with van der Waals surface area (Å²) >= 11 is 2.05. The first-order valence-corrected chi connectivity index (χ1v) is 8.60. The maximum atomic E-state index is 5.62. The van der Waals surface area contributed by atoms with E-state index in [0.29, 0.717) is 6.10 Å². The molecule has 1 aliphatic carbocycles. The molecule has 0 bridgehead atoms. The molecule has 0 aromatic heterocycles. The highest BCUT2D eigenvalue weighted by Gasteiger charge is 2.18. The van der Waals surface area contributed by atoms with Crippen LogP contribution in [0.2, 0.25) is 0 Å². The van der Waals surface area contributed by atoms with Crippen molar-refractivity contribution in [3.8, 4) is 0 Å². The molecule has 3 heteroatoms. The van der Waals surface area contributed by atoms with Crippen LogP contribution in [0, 0.1) is 0 Å². The Balaban J connectivity index is 1.58. The fraction of sp³-hybridized carbons (Fsp3) is 0.529. The second kappa shape index (κ2) is 7.07. The SMILES string of the molecule is C1=COC(CNc2ccccc2SC2CCCC2)CC1. The van der Waals surface area contributed by atoms with Gasteiger partial charge in [0.15, 0.2) is 0 Å². The third kappa shape index (κ3) is 3.72. The van der Waals surface area contributed by atoms with Gasteiger partial charge in [-0.1, -0.05) is 25.0 Å². The van der Waals surface area contributed by atoms with Crippen molar-refractivity contribution in [2.24, 2.45) is 0 Å². The second-order valence-electron chi connectivity index (χ2n) is 5.61. The zero-order valence-electron chi connectivity index (χ0n) is 11.9. The molecule has 20 heavy (non-hydrogen) atoms. The van der Waals surface area contributed by atoms with Gasteiger partial charge in [-0.15, -0.1) is 11.8 Å². The van der Waals surface area contributed by atoms with E-state index in [2.05, 4.69) is 35.7 Å². The topological polar surface area (TPSA) is 21.3 Å². The minimum absolute atomic E-state index is 0.310. The average molecular weight is 289 g/mol. The summed E-state index contributed by atoms with van der Waals surface area (Å²) in [6.45, 7) is 0.895. The van der Waals surface area contributed by atoms with Gasteiger partial charge < -0.3 is 10.1 Å². The first-order chi connectivity index (χ1) is 9.92. The molecule has 0 radical (unpaired) electrons. The van der Waals surface area contributed by atoms with Crippen molar-refractivity contribution >= 4 is 17.4 Å². The van der Waals surface area contributed by atoms with Gasteiger partial charge in [-0.2, -0.15) is 0 Å². The van der Waals surface area contributed by atoms with Gasteiger partial charge >= 0.3 is 0 Å². The van der Waals surface area contributed by atoms with Gasteiger partial charge in [0.25, 0.3) is 0 Å². The van der Waals surface area contributed by atoms with Gasteiger partial charge in [0.05, 0.1) is 12.8 Å². The highest BCUT2D eigenvalue weighted by atomic mass is 32.2. The first kappa shape index (κ1) is 13.9. The highest BCUT2D eigenvalue weighted by molar-refractivity contribution is 8.00. The number of allylic oxidation sites excluding steroid dienone is 1. The molecule has 1 fully saturated rings. The van der Waals surface area contributed by atoms with E-state index in [4.69, 9.17) is 4.74 Å². The molecule has 1 unspecified atom stereocenters. The lowest BCUT2D eigenvalue weighted by Gasteiger charge is -2.21. The number of anilines is 1. The van der Waals surface area contributed by atoms with E-state index in [-0.39, 0.29) is 0 Å². The summed E-state index contributed by atoms with van der Waals surface area (Å²) in [6, 6.07) is 8.69. The van der Waals surface area contributed by atoms with Gasteiger partial charge in [0, 0.05) is 15.8 Å². The Morgan fingerprint density at radius 2 is 2.00 bits per heavy atom. The van der Waals surface area contributed by atoms with Crippen LogP contribution in [0.15, 0.2) is 41.5 Å². The molecule has 1 aliphatic heterocycles. The lowest BCUT2D eigenvalue weighted by Crippen LogP contribution is -2.23. The smallest absolute Gasteiger partial charge is 0.115 e. The highest BCUT2D eigenvalue weighted by Crippen LogP contribution is 2.38. The zero-order valence-corrected chi connectivity index (χ0v) is 12.7. The lowest BCUT2D eigenvalue weighted by atomic mass is 10.1. The third-order valence-corrected chi connectivity index (χ3v) is 5.44. The molecule has 1 N–H and O–H groups in total. The summed E-state index contributed by atoms with van der Waals surface area (Å²) < 4.78 is 5.62. The molecule has 1 heterocycles. The third-order valence-electron chi connectivity index (χ3n) is 4.03. The number of hydrogen-bond donors (Lipinski definition) is 1. The van der Waals surface area contributed by atoms with Crippen molar-refractivity contribution < 1.29 is 4.74 Å². The fourth-order valence-electron chi connectivity index (χ4n) is 2.86. The molecular weight excluding hydrogens is 266 g/mol. The molecule has 0 spiro atoms. The standard InChI is InChI=1S/C17H23NOS/c1-2-9-15(8-1)20-17-11-4-3-10-16(17)18-13-14-7-5-6-12-19-14/h3-4,6,10-12,14-15,18H,1-2,5,7-9,13H2. The minimum atomic E-state index is 0.310. The van der Waals surface area contributed by atoms with Crippen molar-refractivity contribution in [1.82, 2.24) is 0 Å². The Bertz CT molecular complexity index is 454. The van der Waals surface area contributed by atoms with E-state index in [1.165, 1.54) is 36.3 Å². The number of nitrogens with one attached hydrogen (secondary N) is 1. The normalized spacial score (nSPS) is 22.7. The molecule has 3 rings (SSSR count). The van der Waals surface area contributed by atoms with Crippen LogP contribution in [0.5, 0.6) is 0 Å². The van der Waals surface area contributed by atoms with Crippen molar-refractivity contribution in [2.45, 2.75) is 54.8 Å². The zero-order chi connectivity index (χ0) is 13.6. The number of ether oxygens (including phenoxy) is 1. The predicted molar refractivity (Wildman–Crippen MR) is 86.3 cm³/mol. The molecule has 108 valence electrons.